The number of aliphatic hydroxyl groups excluding tert-OH is 1. The summed E-state index contributed by atoms with van der Waals surface area (Å²) < 4.78 is 32.6. The smallest absolute Gasteiger partial charge is 0.326 e. The van der Waals surface area contributed by atoms with Gasteiger partial charge in [-0.1, -0.05) is 17.7 Å². The first-order chi connectivity index (χ1) is 14.8. The van der Waals surface area contributed by atoms with Gasteiger partial charge < -0.3 is 15.2 Å². The summed E-state index contributed by atoms with van der Waals surface area (Å²) in [6.45, 7) is 3.73. The van der Waals surface area contributed by atoms with Crippen molar-refractivity contribution in [1.82, 2.24) is 20.2 Å². The molecule has 10 heteroatoms. The average Bonchev–Trinajstić information content (AvgIpc) is 3.12. The maximum absolute atomic E-state index is 14.0. The fourth-order valence-corrected chi connectivity index (χ4v) is 3.31. The van der Waals surface area contributed by atoms with Crippen LogP contribution in [0.25, 0.3) is 22.3 Å². The van der Waals surface area contributed by atoms with E-state index in [-0.39, 0.29) is 24.0 Å². The third-order valence-electron chi connectivity index (χ3n) is 4.51. The molecule has 1 unspecified atom stereocenters. The largest absolute Gasteiger partial charge is 0.421 e. The summed E-state index contributed by atoms with van der Waals surface area (Å²) in [5.74, 6) is -1.51. The highest BCUT2D eigenvalue weighted by Gasteiger charge is 2.19. The van der Waals surface area contributed by atoms with Gasteiger partial charge in [0.25, 0.3) is 0 Å². The SMILES string of the molecule is Cc1cc(Cl)ccc1-c1[nH]nc2nc(Oc3ccc(F)cc3F)nc(NCC(C)O)c12. The molecule has 0 amide bonds. The summed E-state index contributed by atoms with van der Waals surface area (Å²) in [7, 11) is 0. The van der Waals surface area contributed by atoms with Crippen LogP contribution in [0, 0.1) is 18.6 Å². The van der Waals surface area contributed by atoms with Crippen LogP contribution in [0.15, 0.2) is 36.4 Å². The summed E-state index contributed by atoms with van der Waals surface area (Å²) in [6, 6.07) is 8.17. The van der Waals surface area contributed by atoms with Crippen molar-refractivity contribution < 1.29 is 18.6 Å². The van der Waals surface area contributed by atoms with Crippen LogP contribution in [0.4, 0.5) is 14.6 Å². The van der Waals surface area contributed by atoms with Crippen molar-refractivity contribution >= 4 is 28.5 Å². The highest BCUT2D eigenvalue weighted by molar-refractivity contribution is 6.30. The summed E-state index contributed by atoms with van der Waals surface area (Å²) in [6.07, 6.45) is -0.656. The van der Waals surface area contributed by atoms with E-state index in [2.05, 4.69) is 25.5 Å². The monoisotopic (exact) mass is 445 g/mol. The number of anilines is 1. The molecule has 2 aromatic carbocycles. The van der Waals surface area contributed by atoms with Crippen molar-refractivity contribution in [1.29, 1.82) is 0 Å². The van der Waals surface area contributed by atoms with Gasteiger partial charge in [0, 0.05) is 23.2 Å². The Morgan fingerprint density at radius 2 is 2.00 bits per heavy atom. The molecule has 2 aromatic heterocycles. The number of hydrogen-bond donors (Lipinski definition) is 3. The molecule has 4 aromatic rings. The lowest BCUT2D eigenvalue weighted by molar-refractivity contribution is 0.208. The molecular formula is C21H18ClF2N5O2. The van der Waals surface area contributed by atoms with Gasteiger partial charge in [-0.15, -0.1) is 0 Å². The molecule has 0 saturated carbocycles. The first kappa shape index (κ1) is 21.0. The lowest BCUT2D eigenvalue weighted by atomic mass is 10.0. The summed E-state index contributed by atoms with van der Waals surface area (Å²) in [4.78, 5) is 8.59. The van der Waals surface area contributed by atoms with Crippen LogP contribution < -0.4 is 10.1 Å². The van der Waals surface area contributed by atoms with Gasteiger partial charge in [-0.3, -0.25) is 5.10 Å². The Labute approximate surface area is 181 Å². The van der Waals surface area contributed by atoms with Gasteiger partial charge in [0.15, 0.2) is 17.2 Å². The molecule has 1 atom stereocenters. The van der Waals surface area contributed by atoms with Gasteiger partial charge in [0.2, 0.25) is 0 Å². The van der Waals surface area contributed by atoms with Crippen molar-refractivity contribution in [2.24, 2.45) is 0 Å². The molecule has 0 bridgehead atoms. The topological polar surface area (TPSA) is 96.0 Å². The average molecular weight is 446 g/mol. The van der Waals surface area contributed by atoms with E-state index in [0.717, 1.165) is 23.3 Å². The number of nitrogens with one attached hydrogen (secondary N) is 2. The molecule has 0 saturated heterocycles. The second kappa shape index (κ2) is 8.44. The minimum Gasteiger partial charge on any atom is -0.421 e. The molecule has 7 nitrogen and oxygen atoms in total. The zero-order valence-electron chi connectivity index (χ0n) is 16.6. The third kappa shape index (κ3) is 4.42. The fourth-order valence-electron chi connectivity index (χ4n) is 3.08. The summed E-state index contributed by atoms with van der Waals surface area (Å²) in [5, 5.41) is 21.1. The van der Waals surface area contributed by atoms with Crippen LogP contribution in [0.1, 0.15) is 12.5 Å². The second-order valence-electron chi connectivity index (χ2n) is 7.02. The number of aromatic amines is 1. The van der Waals surface area contributed by atoms with E-state index < -0.39 is 17.7 Å². The number of hydrogen-bond acceptors (Lipinski definition) is 6. The molecule has 2 heterocycles. The van der Waals surface area contributed by atoms with E-state index in [1.807, 2.05) is 19.1 Å². The van der Waals surface area contributed by atoms with Gasteiger partial charge in [-0.05, 0) is 43.7 Å². The summed E-state index contributed by atoms with van der Waals surface area (Å²) >= 11 is 6.07. The highest BCUT2D eigenvalue weighted by atomic mass is 35.5. The Morgan fingerprint density at radius 3 is 2.71 bits per heavy atom. The Balaban J connectivity index is 1.82. The maximum atomic E-state index is 14.0. The molecule has 0 aliphatic rings. The molecule has 4 rings (SSSR count). The van der Waals surface area contributed by atoms with Gasteiger partial charge in [-0.25, -0.2) is 8.78 Å². The zero-order valence-corrected chi connectivity index (χ0v) is 17.3. The van der Waals surface area contributed by atoms with Gasteiger partial charge in [0.05, 0.1) is 17.2 Å². The molecule has 0 radical (unpaired) electrons. The number of benzene rings is 2. The minimum atomic E-state index is -0.887. The third-order valence-corrected chi connectivity index (χ3v) is 4.75. The molecule has 3 N–H and O–H groups in total. The van der Waals surface area contributed by atoms with Crippen LogP contribution >= 0.6 is 11.6 Å². The Morgan fingerprint density at radius 1 is 1.19 bits per heavy atom. The van der Waals surface area contributed by atoms with Gasteiger partial charge >= 0.3 is 6.01 Å². The predicted molar refractivity (Wildman–Crippen MR) is 113 cm³/mol. The fraction of sp³-hybridized carbons (Fsp3) is 0.190. The predicted octanol–water partition coefficient (Wildman–Crippen LogP) is 4.84. The number of ether oxygens (including phenoxy) is 1. The molecular weight excluding hydrogens is 428 g/mol. The zero-order chi connectivity index (χ0) is 22.1. The molecule has 0 fully saturated rings. The quantitative estimate of drug-likeness (QED) is 0.393. The second-order valence-corrected chi connectivity index (χ2v) is 7.45. The number of halogens is 3. The molecule has 0 aliphatic heterocycles. The molecule has 0 spiro atoms. The van der Waals surface area contributed by atoms with E-state index >= 15 is 0 Å². The number of nitrogens with zero attached hydrogens (tertiary/aromatic N) is 3. The van der Waals surface area contributed by atoms with Crippen molar-refractivity contribution in [2.45, 2.75) is 20.0 Å². The maximum Gasteiger partial charge on any atom is 0.326 e. The van der Waals surface area contributed by atoms with E-state index in [4.69, 9.17) is 16.3 Å². The number of aryl methyl sites for hydroxylation is 1. The van der Waals surface area contributed by atoms with E-state index in [0.29, 0.717) is 28.0 Å². The van der Waals surface area contributed by atoms with Crippen molar-refractivity contribution in [3.63, 3.8) is 0 Å². The number of rotatable bonds is 6. The van der Waals surface area contributed by atoms with Crippen molar-refractivity contribution in [3.8, 4) is 23.0 Å². The van der Waals surface area contributed by atoms with E-state index in [9.17, 15) is 13.9 Å². The number of fused-ring (bicyclic) bond motifs is 1. The molecule has 31 heavy (non-hydrogen) atoms. The first-order valence-corrected chi connectivity index (χ1v) is 9.77. The number of aromatic nitrogens is 4. The Bertz CT molecular complexity index is 1260. The Kier molecular flexibility index (Phi) is 5.71. The van der Waals surface area contributed by atoms with Crippen molar-refractivity contribution in [2.75, 3.05) is 11.9 Å². The van der Waals surface area contributed by atoms with Crippen LogP contribution in [0.2, 0.25) is 5.02 Å². The van der Waals surface area contributed by atoms with Crippen LogP contribution in [0.5, 0.6) is 11.8 Å². The van der Waals surface area contributed by atoms with Gasteiger partial charge in [0.1, 0.15) is 11.6 Å². The standard InChI is InChI=1S/C21H18ClF2N5O2/c1-10-7-12(22)3-5-14(10)18-17-19(25-9-11(2)30)26-21(27-20(17)29-28-18)31-16-6-4-13(23)8-15(16)24/h3-8,11,30H,9H2,1-2H3,(H2,25,26,27,28,29). The lowest BCUT2D eigenvalue weighted by Crippen LogP contribution is -2.16. The highest BCUT2D eigenvalue weighted by Crippen LogP contribution is 2.35. The number of aliphatic hydroxyl groups is 1. The number of H-pyrrole nitrogens is 1. The van der Waals surface area contributed by atoms with Crippen LogP contribution in [-0.4, -0.2) is 37.9 Å². The molecule has 0 aliphatic carbocycles. The van der Waals surface area contributed by atoms with E-state index in [1.54, 1.807) is 13.0 Å². The van der Waals surface area contributed by atoms with Crippen molar-refractivity contribution in [3.05, 3.63) is 58.6 Å². The minimum absolute atomic E-state index is 0.183. The normalized spacial score (nSPS) is 12.2. The van der Waals surface area contributed by atoms with E-state index in [1.165, 1.54) is 0 Å². The van der Waals surface area contributed by atoms with Crippen LogP contribution in [0.3, 0.4) is 0 Å². The van der Waals surface area contributed by atoms with Crippen LogP contribution in [-0.2, 0) is 0 Å². The Hall–Kier alpha value is -3.30. The first-order valence-electron chi connectivity index (χ1n) is 9.39. The lowest BCUT2D eigenvalue weighted by Gasteiger charge is -2.12. The summed E-state index contributed by atoms with van der Waals surface area (Å²) in [5.41, 5.74) is 2.67. The van der Waals surface area contributed by atoms with Gasteiger partial charge in [-0.2, -0.15) is 15.1 Å². The molecule has 160 valence electrons.